The van der Waals surface area contributed by atoms with Crippen LogP contribution in [0.4, 0.5) is 13.2 Å². The van der Waals surface area contributed by atoms with Crippen LogP contribution in [0.1, 0.15) is 30.0 Å². The minimum Gasteiger partial charge on any atom is -0.487 e. The third kappa shape index (κ3) is 5.33. The molecule has 25 heavy (non-hydrogen) atoms. The predicted molar refractivity (Wildman–Crippen MR) is 82.0 cm³/mol. The SMILES string of the molecule is CCO/C(=C\Oc1cccc(Cn2cnc(C(C)=O)n2)c1)C(F)(F)F. The highest BCUT2D eigenvalue weighted by Gasteiger charge is 2.36. The summed E-state index contributed by atoms with van der Waals surface area (Å²) >= 11 is 0. The number of hydrogen-bond donors (Lipinski definition) is 0. The number of benzene rings is 1. The van der Waals surface area contributed by atoms with Gasteiger partial charge >= 0.3 is 6.18 Å². The highest BCUT2D eigenvalue weighted by atomic mass is 19.4. The van der Waals surface area contributed by atoms with Crippen LogP contribution in [-0.4, -0.2) is 33.3 Å². The van der Waals surface area contributed by atoms with Gasteiger partial charge in [0.1, 0.15) is 18.3 Å². The van der Waals surface area contributed by atoms with E-state index >= 15 is 0 Å². The molecule has 1 aromatic carbocycles. The van der Waals surface area contributed by atoms with Crippen molar-refractivity contribution in [3.8, 4) is 5.75 Å². The van der Waals surface area contributed by atoms with Crippen LogP contribution >= 0.6 is 0 Å². The van der Waals surface area contributed by atoms with Crippen molar-refractivity contribution in [1.82, 2.24) is 14.8 Å². The standard InChI is InChI=1S/C16H16F3N3O3/c1-3-24-14(16(17,18)19)9-25-13-6-4-5-12(7-13)8-22-10-20-15(21-22)11(2)23/h4-7,9-10H,3,8H2,1-2H3/b14-9-. The van der Waals surface area contributed by atoms with Gasteiger partial charge in [0.15, 0.2) is 5.78 Å². The Morgan fingerprint density at radius 1 is 1.36 bits per heavy atom. The second-order valence-corrected chi connectivity index (χ2v) is 5.00. The Bertz CT molecular complexity index is 769. The summed E-state index contributed by atoms with van der Waals surface area (Å²) in [5.41, 5.74) is 0.718. The maximum absolute atomic E-state index is 12.7. The number of ether oxygens (including phenoxy) is 2. The van der Waals surface area contributed by atoms with E-state index in [-0.39, 0.29) is 24.0 Å². The molecule has 134 valence electrons. The van der Waals surface area contributed by atoms with Crippen LogP contribution in [0, 0.1) is 0 Å². The number of rotatable bonds is 7. The molecule has 0 amide bonds. The zero-order valence-corrected chi connectivity index (χ0v) is 13.6. The third-order valence-electron chi connectivity index (χ3n) is 2.98. The molecule has 0 N–H and O–H groups in total. The molecule has 0 saturated heterocycles. The molecule has 0 radical (unpaired) electrons. The summed E-state index contributed by atoms with van der Waals surface area (Å²) in [5.74, 6) is -1.15. The second-order valence-electron chi connectivity index (χ2n) is 5.00. The number of halogens is 3. The van der Waals surface area contributed by atoms with Crippen LogP contribution < -0.4 is 4.74 Å². The van der Waals surface area contributed by atoms with Gasteiger partial charge in [-0.15, -0.1) is 5.10 Å². The molecule has 0 aliphatic heterocycles. The van der Waals surface area contributed by atoms with Crippen molar-refractivity contribution >= 4 is 5.78 Å². The Morgan fingerprint density at radius 2 is 2.12 bits per heavy atom. The number of aromatic nitrogens is 3. The summed E-state index contributed by atoms with van der Waals surface area (Å²) in [7, 11) is 0. The van der Waals surface area contributed by atoms with E-state index in [4.69, 9.17) is 4.74 Å². The molecule has 6 nitrogen and oxygen atoms in total. The maximum Gasteiger partial charge on any atom is 0.452 e. The Labute approximate surface area is 141 Å². The first kappa shape index (κ1) is 18.5. The first-order valence-electron chi connectivity index (χ1n) is 7.35. The Hall–Kier alpha value is -2.84. The summed E-state index contributed by atoms with van der Waals surface area (Å²) < 4.78 is 49.2. The van der Waals surface area contributed by atoms with Crippen LogP contribution in [0.25, 0.3) is 0 Å². The first-order chi connectivity index (χ1) is 11.8. The summed E-state index contributed by atoms with van der Waals surface area (Å²) in [6.07, 6.45) is -2.69. The monoisotopic (exact) mass is 355 g/mol. The van der Waals surface area contributed by atoms with Crippen molar-refractivity contribution in [2.45, 2.75) is 26.6 Å². The molecule has 0 aliphatic carbocycles. The van der Waals surface area contributed by atoms with E-state index in [1.807, 2.05) is 0 Å². The van der Waals surface area contributed by atoms with E-state index in [0.717, 1.165) is 5.56 Å². The summed E-state index contributed by atoms with van der Waals surface area (Å²) in [6.45, 7) is 2.98. The molecule has 9 heteroatoms. The molecule has 0 aliphatic rings. The van der Waals surface area contributed by atoms with Gasteiger partial charge in [-0.2, -0.15) is 13.2 Å². The number of alkyl halides is 3. The van der Waals surface area contributed by atoms with Crippen molar-refractivity contribution < 1.29 is 27.4 Å². The smallest absolute Gasteiger partial charge is 0.452 e. The molecule has 0 bridgehead atoms. The largest absolute Gasteiger partial charge is 0.487 e. The molecular weight excluding hydrogens is 339 g/mol. The summed E-state index contributed by atoms with van der Waals surface area (Å²) in [4.78, 5) is 15.0. The van der Waals surface area contributed by atoms with E-state index in [1.54, 1.807) is 18.2 Å². The van der Waals surface area contributed by atoms with E-state index in [0.29, 0.717) is 12.8 Å². The van der Waals surface area contributed by atoms with E-state index in [2.05, 4.69) is 14.8 Å². The van der Waals surface area contributed by atoms with Crippen molar-refractivity contribution in [3.63, 3.8) is 0 Å². The zero-order valence-electron chi connectivity index (χ0n) is 13.6. The second kappa shape index (κ2) is 7.82. The Morgan fingerprint density at radius 3 is 2.72 bits per heavy atom. The predicted octanol–water partition coefficient (Wildman–Crippen LogP) is 3.35. The number of hydrogen-bond acceptors (Lipinski definition) is 5. The molecule has 0 atom stereocenters. The first-order valence-corrected chi connectivity index (χ1v) is 7.35. The number of carbonyl (C=O) groups excluding carboxylic acids is 1. The molecule has 0 fully saturated rings. The minimum absolute atomic E-state index is 0.0990. The van der Waals surface area contributed by atoms with Gasteiger partial charge < -0.3 is 9.47 Å². The van der Waals surface area contributed by atoms with Crippen LogP contribution in [0.15, 0.2) is 42.6 Å². The lowest BCUT2D eigenvalue weighted by Crippen LogP contribution is -2.15. The van der Waals surface area contributed by atoms with E-state index in [9.17, 15) is 18.0 Å². The fourth-order valence-electron chi connectivity index (χ4n) is 1.90. The van der Waals surface area contributed by atoms with Crippen molar-refractivity contribution in [2.24, 2.45) is 0 Å². The average molecular weight is 355 g/mol. The lowest BCUT2D eigenvalue weighted by molar-refractivity contribution is -0.132. The number of ketones is 1. The fourth-order valence-corrected chi connectivity index (χ4v) is 1.90. The molecule has 0 spiro atoms. The Balaban J connectivity index is 2.11. The lowest BCUT2D eigenvalue weighted by Gasteiger charge is -2.12. The van der Waals surface area contributed by atoms with Gasteiger partial charge in [0.2, 0.25) is 11.6 Å². The van der Waals surface area contributed by atoms with E-state index < -0.39 is 11.9 Å². The van der Waals surface area contributed by atoms with Gasteiger partial charge in [0.25, 0.3) is 0 Å². The molecule has 0 saturated carbocycles. The quantitative estimate of drug-likeness (QED) is 0.563. The van der Waals surface area contributed by atoms with E-state index in [1.165, 1.54) is 30.9 Å². The number of carbonyl (C=O) groups is 1. The van der Waals surface area contributed by atoms with Gasteiger partial charge in [0, 0.05) is 6.92 Å². The molecule has 1 aromatic heterocycles. The van der Waals surface area contributed by atoms with Crippen molar-refractivity contribution in [1.29, 1.82) is 0 Å². The van der Waals surface area contributed by atoms with Gasteiger partial charge in [-0.25, -0.2) is 9.67 Å². The van der Waals surface area contributed by atoms with Gasteiger partial charge in [-0.3, -0.25) is 4.79 Å². The van der Waals surface area contributed by atoms with Gasteiger partial charge in [-0.05, 0) is 24.6 Å². The highest BCUT2D eigenvalue weighted by molar-refractivity contribution is 5.89. The summed E-state index contributed by atoms with van der Waals surface area (Å²) in [5, 5.41) is 4.00. The van der Waals surface area contributed by atoms with Crippen molar-refractivity contribution in [3.05, 3.63) is 54.0 Å². The topological polar surface area (TPSA) is 66.2 Å². The lowest BCUT2D eigenvalue weighted by atomic mass is 10.2. The van der Waals surface area contributed by atoms with Crippen LogP contribution in [0.5, 0.6) is 5.75 Å². The van der Waals surface area contributed by atoms with Crippen LogP contribution in [0.3, 0.4) is 0 Å². The molecular formula is C16H16F3N3O3. The average Bonchev–Trinajstić information content (AvgIpc) is 2.99. The fraction of sp³-hybridized carbons (Fsp3) is 0.312. The molecule has 1 heterocycles. The van der Waals surface area contributed by atoms with Gasteiger partial charge in [0.05, 0.1) is 13.2 Å². The zero-order chi connectivity index (χ0) is 18.4. The maximum atomic E-state index is 12.7. The normalized spacial score (nSPS) is 12.1. The van der Waals surface area contributed by atoms with Crippen molar-refractivity contribution in [2.75, 3.05) is 6.61 Å². The van der Waals surface area contributed by atoms with Crippen LogP contribution in [-0.2, 0) is 11.3 Å². The van der Waals surface area contributed by atoms with Gasteiger partial charge in [-0.1, -0.05) is 12.1 Å². The molecule has 2 rings (SSSR count). The molecule has 2 aromatic rings. The minimum atomic E-state index is -4.63. The summed E-state index contributed by atoms with van der Waals surface area (Å²) in [6, 6.07) is 6.46. The van der Waals surface area contributed by atoms with Crippen LogP contribution in [0.2, 0.25) is 0 Å². The highest BCUT2D eigenvalue weighted by Crippen LogP contribution is 2.27. The number of allylic oxidation sites excluding steroid dienone is 1. The Kier molecular flexibility index (Phi) is 5.79. The third-order valence-corrected chi connectivity index (χ3v) is 2.98. The number of Topliss-reactive ketones (excluding diaryl/α,β-unsaturated/α-hetero) is 1. The molecule has 0 unspecified atom stereocenters. The number of nitrogens with zero attached hydrogens (tertiary/aromatic N) is 3.